The third-order valence-electron chi connectivity index (χ3n) is 4.37. The van der Waals surface area contributed by atoms with Crippen LogP contribution in [0.5, 0.6) is 0 Å². The molecule has 144 valence electrons. The van der Waals surface area contributed by atoms with Gasteiger partial charge in [-0.1, -0.05) is 60.1 Å². The maximum Gasteiger partial charge on any atom is 0.242 e. The van der Waals surface area contributed by atoms with Crippen LogP contribution in [0.3, 0.4) is 0 Å². The number of hydrogen-bond donors (Lipinski definition) is 1. The first-order valence-corrected chi connectivity index (χ1v) is 9.63. The Morgan fingerprint density at radius 1 is 1.00 bits per heavy atom. The number of nitrogens with zero attached hydrogens (tertiary/aromatic N) is 1. The van der Waals surface area contributed by atoms with Crippen molar-refractivity contribution in [3.05, 3.63) is 70.7 Å². The second-order valence-corrected chi connectivity index (χ2v) is 7.35. The molecule has 1 N–H and O–H groups in total. The lowest BCUT2D eigenvalue weighted by molar-refractivity contribution is -0.140. The topological polar surface area (TPSA) is 49.4 Å². The Morgan fingerprint density at radius 3 is 2.26 bits per heavy atom. The van der Waals surface area contributed by atoms with Gasteiger partial charge in [-0.3, -0.25) is 9.59 Å². The number of amides is 2. The van der Waals surface area contributed by atoms with E-state index in [0.717, 1.165) is 11.1 Å². The molecule has 0 aliphatic rings. The molecular formula is C22H27ClN2O2. The summed E-state index contributed by atoms with van der Waals surface area (Å²) in [6.07, 6.45) is 0.977. The van der Waals surface area contributed by atoms with E-state index in [0.29, 0.717) is 24.4 Å². The number of carbonyl (C=O) groups is 2. The first kappa shape index (κ1) is 21.0. The van der Waals surface area contributed by atoms with E-state index in [9.17, 15) is 9.59 Å². The highest BCUT2D eigenvalue weighted by Crippen LogP contribution is 2.19. The molecule has 2 aromatic rings. The molecule has 0 radical (unpaired) electrons. The van der Waals surface area contributed by atoms with Gasteiger partial charge in [-0.15, -0.1) is 0 Å². The zero-order valence-electron chi connectivity index (χ0n) is 16.1. The van der Waals surface area contributed by atoms with E-state index in [1.165, 1.54) is 0 Å². The van der Waals surface area contributed by atoms with Crippen molar-refractivity contribution < 1.29 is 9.59 Å². The smallest absolute Gasteiger partial charge is 0.242 e. The highest BCUT2D eigenvalue weighted by atomic mass is 35.5. The molecule has 1 atom stereocenters. The summed E-state index contributed by atoms with van der Waals surface area (Å²) in [7, 11) is 0. The van der Waals surface area contributed by atoms with Gasteiger partial charge in [-0.25, -0.2) is 0 Å². The zero-order chi connectivity index (χ0) is 19.8. The molecule has 0 aliphatic carbocycles. The summed E-state index contributed by atoms with van der Waals surface area (Å²) in [5, 5.41) is 3.48. The van der Waals surface area contributed by atoms with Crippen LogP contribution in [0.2, 0.25) is 5.02 Å². The van der Waals surface area contributed by atoms with Crippen molar-refractivity contribution in [2.24, 2.45) is 0 Å². The van der Waals surface area contributed by atoms with E-state index in [1.807, 2.05) is 62.4 Å². The normalized spacial score (nSPS) is 11.9. The van der Waals surface area contributed by atoms with Crippen LogP contribution in [0.4, 0.5) is 0 Å². The molecule has 0 aromatic heterocycles. The summed E-state index contributed by atoms with van der Waals surface area (Å²) in [6, 6.07) is 16.7. The molecule has 0 bridgehead atoms. The molecule has 0 heterocycles. The van der Waals surface area contributed by atoms with Crippen LogP contribution < -0.4 is 5.32 Å². The lowest BCUT2D eigenvalue weighted by Gasteiger charge is -2.29. The van der Waals surface area contributed by atoms with Crippen molar-refractivity contribution in [3.8, 4) is 0 Å². The average Bonchev–Trinajstić information content (AvgIpc) is 2.65. The fourth-order valence-electron chi connectivity index (χ4n) is 2.84. The fourth-order valence-corrected chi connectivity index (χ4v) is 3.03. The molecule has 5 heteroatoms. The molecule has 0 fully saturated rings. The predicted octanol–water partition coefficient (Wildman–Crippen LogP) is 4.21. The summed E-state index contributed by atoms with van der Waals surface area (Å²) in [5.41, 5.74) is 1.93. The molecule has 0 unspecified atom stereocenters. The fraction of sp³-hybridized carbons (Fsp3) is 0.364. The second-order valence-electron chi connectivity index (χ2n) is 6.94. The van der Waals surface area contributed by atoms with E-state index in [2.05, 4.69) is 5.32 Å². The first-order valence-electron chi connectivity index (χ1n) is 9.25. The third kappa shape index (κ3) is 6.40. The summed E-state index contributed by atoms with van der Waals surface area (Å²) in [5.74, 6) is -0.227. The van der Waals surface area contributed by atoms with Crippen molar-refractivity contribution in [1.29, 1.82) is 0 Å². The monoisotopic (exact) mass is 386 g/mol. The Morgan fingerprint density at radius 2 is 1.63 bits per heavy atom. The Bertz CT molecular complexity index is 762. The molecule has 2 amide bonds. The molecule has 2 aromatic carbocycles. The lowest BCUT2D eigenvalue weighted by Crippen LogP contribution is -2.49. The van der Waals surface area contributed by atoms with Gasteiger partial charge in [0.1, 0.15) is 6.04 Å². The highest BCUT2D eigenvalue weighted by molar-refractivity contribution is 6.31. The molecule has 27 heavy (non-hydrogen) atoms. The molecule has 0 saturated carbocycles. The van der Waals surface area contributed by atoms with Crippen molar-refractivity contribution in [3.63, 3.8) is 0 Å². The van der Waals surface area contributed by atoms with E-state index < -0.39 is 6.04 Å². The number of nitrogens with one attached hydrogen (secondary N) is 1. The summed E-state index contributed by atoms with van der Waals surface area (Å²) in [4.78, 5) is 27.1. The maximum absolute atomic E-state index is 13.0. The number of halogens is 1. The number of rotatable bonds is 8. The second kappa shape index (κ2) is 10.1. The van der Waals surface area contributed by atoms with Crippen molar-refractivity contribution >= 4 is 23.4 Å². The van der Waals surface area contributed by atoms with Gasteiger partial charge in [-0.05, 0) is 44.4 Å². The van der Waals surface area contributed by atoms with Gasteiger partial charge in [0.15, 0.2) is 0 Å². The molecule has 2 rings (SSSR count). The Labute approximate surface area is 166 Å². The number of aryl methyl sites for hydroxylation is 1. The Kier molecular flexibility index (Phi) is 7.86. The van der Waals surface area contributed by atoms with E-state index >= 15 is 0 Å². The van der Waals surface area contributed by atoms with Gasteiger partial charge >= 0.3 is 0 Å². The van der Waals surface area contributed by atoms with E-state index in [4.69, 9.17) is 11.6 Å². The van der Waals surface area contributed by atoms with Gasteiger partial charge in [0.05, 0.1) is 0 Å². The van der Waals surface area contributed by atoms with Crippen LogP contribution in [0.25, 0.3) is 0 Å². The van der Waals surface area contributed by atoms with Gasteiger partial charge in [0.2, 0.25) is 11.8 Å². The summed E-state index contributed by atoms with van der Waals surface area (Å²) >= 11 is 6.28. The first-order chi connectivity index (χ1) is 12.9. The van der Waals surface area contributed by atoms with Crippen LogP contribution >= 0.6 is 11.6 Å². The minimum Gasteiger partial charge on any atom is -0.352 e. The molecule has 4 nitrogen and oxygen atoms in total. The number of benzene rings is 2. The van der Waals surface area contributed by atoms with Crippen molar-refractivity contribution in [1.82, 2.24) is 10.2 Å². The van der Waals surface area contributed by atoms with E-state index in [1.54, 1.807) is 17.9 Å². The van der Waals surface area contributed by atoms with Crippen LogP contribution in [0.15, 0.2) is 54.6 Å². The zero-order valence-corrected chi connectivity index (χ0v) is 16.9. The van der Waals surface area contributed by atoms with Crippen LogP contribution in [0.1, 0.15) is 38.3 Å². The molecule has 0 saturated heterocycles. The standard InChI is InChI=1S/C22H27ClN2O2/c1-16(2)24-22(27)17(3)25(15-19-11-7-8-12-20(19)23)21(26)14-13-18-9-5-4-6-10-18/h4-12,16-17H,13-15H2,1-3H3,(H,24,27)/t17-/m1/s1. The predicted molar refractivity (Wildman–Crippen MR) is 110 cm³/mol. The van der Waals surface area contributed by atoms with Gasteiger partial charge in [-0.2, -0.15) is 0 Å². The molecular weight excluding hydrogens is 360 g/mol. The number of carbonyl (C=O) groups excluding carboxylic acids is 2. The minimum absolute atomic E-state index is 0.0153. The van der Waals surface area contributed by atoms with Crippen LogP contribution in [-0.2, 0) is 22.6 Å². The van der Waals surface area contributed by atoms with Crippen molar-refractivity contribution in [2.75, 3.05) is 0 Å². The van der Waals surface area contributed by atoms with Gasteiger partial charge in [0.25, 0.3) is 0 Å². The minimum atomic E-state index is -0.577. The molecule has 0 aliphatic heterocycles. The number of hydrogen-bond acceptors (Lipinski definition) is 2. The summed E-state index contributed by atoms with van der Waals surface area (Å²) < 4.78 is 0. The lowest BCUT2D eigenvalue weighted by atomic mass is 10.1. The quantitative estimate of drug-likeness (QED) is 0.738. The van der Waals surface area contributed by atoms with Gasteiger partial charge in [0, 0.05) is 24.0 Å². The van der Waals surface area contributed by atoms with Crippen LogP contribution in [-0.4, -0.2) is 28.8 Å². The summed E-state index contributed by atoms with van der Waals surface area (Å²) in [6.45, 7) is 5.87. The SMILES string of the molecule is CC(C)NC(=O)[C@@H](C)N(Cc1ccccc1Cl)C(=O)CCc1ccccc1. The Hall–Kier alpha value is -2.33. The molecule has 0 spiro atoms. The van der Waals surface area contributed by atoms with Gasteiger partial charge < -0.3 is 10.2 Å². The average molecular weight is 387 g/mol. The third-order valence-corrected chi connectivity index (χ3v) is 4.74. The largest absolute Gasteiger partial charge is 0.352 e. The highest BCUT2D eigenvalue weighted by Gasteiger charge is 2.26. The van der Waals surface area contributed by atoms with Crippen LogP contribution in [0, 0.1) is 0 Å². The van der Waals surface area contributed by atoms with E-state index in [-0.39, 0.29) is 17.9 Å². The maximum atomic E-state index is 13.0. The Balaban J connectivity index is 2.15. The van der Waals surface area contributed by atoms with Crippen molar-refractivity contribution in [2.45, 2.75) is 52.2 Å².